The molecular weight excluding hydrogens is 357 g/mol. The Morgan fingerprint density at radius 1 is 0.885 bits per heavy atom. The molecule has 2 aliphatic rings. The molecule has 0 amide bonds. The van der Waals surface area contributed by atoms with Gasteiger partial charge in [0.1, 0.15) is 0 Å². The molecule has 2 aromatic carbocycles. The van der Waals surface area contributed by atoms with Gasteiger partial charge in [0.25, 0.3) is 0 Å². The van der Waals surface area contributed by atoms with Crippen molar-refractivity contribution in [3.8, 4) is 0 Å². The Kier molecular flexibility index (Phi) is 3.21. The van der Waals surface area contributed by atoms with Gasteiger partial charge in [-0.05, 0) is 16.3 Å². The zero-order chi connectivity index (χ0) is 18.8. The number of rotatable bonds is 1. The van der Waals surface area contributed by atoms with Crippen LogP contribution in [0.25, 0.3) is 10.8 Å². The smallest absolute Gasteiger partial charge is 0.393 e. The van der Waals surface area contributed by atoms with Crippen molar-refractivity contribution < 1.29 is 41.8 Å². The molecule has 0 aromatic heterocycles. The number of esters is 4. The minimum atomic E-state index is -5.07. The van der Waals surface area contributed by atoms with Gasteiger partial charge in [-0.1, -0.05) is 24.3 Å². The summed E-state index contributed by atoms with van der Waals surface area (Å²) in [6, 6.07) is 5.52. The van der Waals surface area contributed by atoms with E-state index >= 15 is 0 Å². The fraction of sp³-hybridized carbons (Fsp3) is 0.176. The summed E-state index contributed by atoms with van der Waals surface area (Å²) in [7, 11) is 0. The number of alkyl halides is 3. The Hall–Kier alpha value is -3.23. The van der Waals surface area contributed by atoms with Crippen LogP contribution in [0.5, 0.6) is 0 Å². The summed E-state index contributed by atoms with van der Waals surface area (Å²) in [5, 5.41) is -0.0321. The van der Waals surface area contributed by atoms with Crippen LogP contribution in [0.3, 0.4) is 0 Å². The Bertz CT molecular complexity index is 1040. The first-order chi connectivity index (χ1) is 12.2. The van der Waals surface area contributed by atoms with Crippen molar-refractivity contribution in [3.63, 3.8) is 0 Å². The number of ether oxygens (including phenoxy) is 2. The van der Waals surface area contributed by atoms with Gasteiger partial charge in [0.05, 0.1) is 29.0 Å². The minimum absolute atomic E-state index is 0.0356. The summed E-state index contributed by atoms with van der Waals surface area (Å²) < 4.78 is 50.3. The quantitative estimate of drug-likeness (QED) is 0.571. The van der Waals surface area contributed by atoms with E-state index in [4.69, 9.17) is 0 Å². The Morgan fingerprint density at radius 2 is 1.50 bits per heavy atom. The maximum absolute atomic E-state index is 13.9. The highest BCUT2D eigenvalue weighted by Gasteiger charge is 2.49. The van der Waals surface area contributed by atoms with Crippen LogP contribution in [0.2, 0.25) is 0 Å². The number of hydrogen-bond acceptors (Lipinski definition) is 6. The lowest BCUT2D eigenvalue weighted by molar-refractivity contribution is -0.152. The molecule has 0 saturated carbocycles. The van der Waals surface area contributed by atoms with E-state index in [-0.39, 0.29) is 10.8 Å². The van der Waals surface area contributed by atoms with Crippen molar-refractivity contribution in [1.82, 2.24) is 0 Å². The van der Waals surface area contributed by atoms with Crippen molar-refractivity contribution in [1.29, 1.82) is 0 Å². The zero-order valence-electron chi connectivity index (χ0n) is 12.7. The standard InChI is InChI=1S/C17H7F3O6/c18-17(19,20)13-10(8-5-9(21)25-14(8)22)6-3-1-2-4-7(6)11-12(13)16(24)26-15(11)23/h1-4,8H,5H2. The average molecular weight is 364 g/mol. The summed E-state index contributed by atoms with van der Waals surface area (Å²) >= 11 is 0. The summed E-state index contributed by atoms with van der Waals surface area (Å²) in [5.74, 6) is -6.26. The first-order valence-corrected chi connectivity index (χ1v) is 7.37. The third-order valence-electron chi connectivity index (χ3n) is 4.35. The van der Waals surface area contributed by atoms with Crippen molar-refractivity contribution in [2.45, 2.75) is 18.5 Å². The number of cyclic esters (lactones) is 4. The first kappa shape index (κ1) is 16.2. The summed E-state index contributed by atoms with van der Waals surface area (Å²) in [4.78, 5) is 47.3. The second-order valence-corrected chi connectivity index (χ2v) is 5.81. The number of benzene rings is 2. The molecule has 1 fully saturated rings. The first-order valence-electron chi connectivity index (χ1n) is 7.37. The minimum Gasteiger partial charge on any atom is -0.393 e. The van der Waals surface area contributed by atoms with Crippen LogP contribution in [-0.4, -0.2) is 23.9 Å². The maximum atomic E-state index is 13.9. The van der Waals surface area contributed by atoms with Crippen LogP contribution >= 0.6 is 0 Å². The zero-order valence-corrected chi connectivity index (χ0v) is 12.7. The van der Waals surface area contributed by atoms with Gasteiger partial charge in [0.2, 0.25) is 0 Å². The van der Waals surface area contributed by atoms with E-state index in [0.717, 1.165) is 0 Å². The van der Waals surface area contributed by atoms with Crippen molar-refractivity contribution in [2.75, 3.05) is 0 Å². The second kappa shape index (κ2) is 5.13. The molecule has 2 aromatic rings. The molecule has 0 N–H and O–H groups in total. The molecule has 0 aliphatic carbocycles. The highest BCUT2D eigenvalue weighted by Crippen LogP contribution is 2.47. The van der Waals surface area contributed by atoms with Gasteiger partial charge in [-0.2, -0.15) is 13.2 Å². The van der Waals surface area contributed by atoms with Crippen LogP contribution in [0.4, 0.5) is 13.2 Å². The number of carbonyl (C=O) groups is 4. The molecule has 6 nitrogen and oxygen atoms in total. The second-order valence-electron chi connectivity index (χ2n) is 5.81. The van der Waals surface area contributed by atoms with E-state index in [1.165, 1.54) is 24.3 Å². The number of halogens is 3. The average Bonchev–Trinajstić information content (AvgIpc) is 3.03. The van der Waals surface area contributed by atoms with E-state index in [2.05, 4.69) is 9.47 Å². The largest absolute Gasteiger partial charge is 0.417 e. The Morgan fingerprint density at radius 3 is 2.08 bits per heavy atom. The van der Waals surface area contributed by atoms with Gasteiger partial charge < -0.3 is 9.47 Å². The lowest BCUT2D eigenvalue weighted by atomic mass is 9.83. The molecule has 1 unspecified atom stereocenters. The predicted octanol–water partition coefficient (Wildman–Crippen LogP) is 2.73. The lowest BCUT2D eigenvalue weighted by Crippen LogP contribution is -2.20. The van der Waals surface area contributed by atoms with Crippen LogP contribution in [0.1, 0.15) is 44.2 Å². The maximum Gasteiger partial charge on any atom is 0.417 e. The predicted molar refractivity (Wildman–Crippen MR) is 77.2 cm³/mol. The third-order valence-corrected chi connectivity index (χ3v) is 4.35. The number of hydrogen-bond donors (Lipinski definition) is 0. The van der Waals surface area contributed by atoms with Gasteiger partial charge in [0.15, 0.2) is 0 Å². The third kappa shape index (κ3) is 2.13. The van der Waals surface area contributed by atoms with Crippen LogP contribution < -0.4 is 0 Å². The fourth-order valence-electron chi connectivity index (χ4n) is 3.42. The molecule has 132 valence electrons. The van der Waals surface area contributed by atoms with Crippen LogP contribution in [0, 0.1) is 0 Å². The molecule has 2 aliphatic heterocycles. The van der Waals surface area contributed by atoms with E-state index in [1.807, 2.05) is 0 Å². The van der Waals surface area contributed by atoms with Gasteiger partial charge in [0, 0.05) is 0 Å². The molecule has 0 bridgehead atoms. The van der Waals surface area contributed by atoms with Crippen LogP contribution in [-0.2, 0) is 25.2 Å². The molecular formula is C17H7F3O6. The van der Waals surface area contributed by atoms with E-state index in [0.29, 0.717) is 0 Å². The molecule has 0 spiro atoms. The molecule has 1 saturated heterocycles. The topological polar surface area (TPSA) is 86.7 Å². The highest BCUT2D eigenvalue weighted by molar-refractivity contribution is 6.23. The number of carbonyl (C=O) groups excluding carboxylic acids is 4. The number of fused-ring (bicyclic) bond motifs is 3. The van der Waals surface area contributed by atoms with Gasteiger partial charge >= 0.3 is 30.1 Å². The molecule has 2 heterocycles. The monoisotopic (exact) mass is 364 g/mol. The molecule has 4 rings (SSSR count). The highest BCUT2D eigenvalue weighted by atomic mass is 19.4. The van der Waals surface area contributed by atoms with Gasteiger partial charge in [-0.25, -0.2) is 9.59 Å². The van der Waals surface area contributed by atoms with E-state index < -0.39 is 64.6 Å². The summed E-state index contributed by atoms with van der Waals surface area (Å²) in [5.41, 5.74) is -3.45. The molecule has 26 heavy (non-hydrogen) atoms. The Balaban J connectivity index is 2.21. The molecule has 9 heteroatoms. The fourth-order valence-corrected chi connectivity index (χ4v) is 3.42. The van der Waals surface area contributed by atoms with Crippen LogP contribution in [0.15, 0.2) is 24.3 Å². The van der Waals surface area contributed by atoms with Crippen molar-refractivity contribution >= 4 is 34.6 Å². The Labute approximate surface area is 142 Å². The lowest BCUT2D eigenvalue weighted by Gasteiger charge is -2.20. The van der Waals surface area contributed by atoms with E-state index in [9.17, 15) is 32.3 Å². The van der Waals surface area contributed by atoms with Crippen molar-refractivity contribution in [2.24, 2.45) is 0 Å². The molecule has 0 radical (unpaired) electrons. The van der Waals surface area contributed by atoms with Gasteiger partial charge in [-0.15, -0.1) is 0 Å². The van der Waals surface area contributed by atoms with Crippen molar-refractivity contribution in [3.05, 3.63) is 46.5 Å². The normalized spacial score (nSPS) is 19.7. The van der Waals surface area contributed by atoms with E-state index in [1.54, 1.807) is 0 Å². The SMILES string of the molecule is O=C1CC(c2c(C(F)(F)F)c3c(c4ccccc24)C(=O)OC3=O)C(=O)O1. The summed E-state index contributed by atoms with van der Waals surface area (Å²) in [6.45, 7) is 0. The van der Waals surface area contributed by atoms with Gasteiger partial charge in [-0.3, -0.25) is 9.59 Å². The summed E-state index contributed by atoms with van der Waals surface area (Å²) in [6.07, 6.45) is -5.66. The molecule has 1 atom stereocenters.